The number of nitrogens with two attached hydrogens (primary N) is 1. The number of anilines is 2. The minimum Gasteiger partial charge on any atom is -0.398 e. The van der Waals surface area contributed by atoms with Crippen LogP contribution >= 0.6 is 0 Å². The van der Waals surface area contributed by atoms with Crippen LogP contribution in [0.2, 0.25) is 0 Å². The van der Waals surface area contributed by atoms with Crippen molar-refractivity contribution in [2.24, 2.45) is 0 Å². The van der Waals surface area contributed by atoms with E-state index in [4.69, 9.17) is 5.73 Å². The van der Waals surface area contributed by atoms with Gasteiger partial charge >= 0.3 is 0 Å². The number of nitrogens with zero attached hydrogens (tertiary/aromatic N) is 3. The maximum atomic E-state index is 6.06. The predicted molar refractivity (Wildman–Crippen MR) is 80.6 cm³/mol. The Labute approximate surface area is 113 Å². The third-order valence-corrected chi connectivity index (χ3v) is 3.89. The molecular formula is C15H20N4. The maximum Gasteiger partial charge on any atom is 0.0449 e. The topological polar surface area (TPSA) is 45.4 Å². The van der Waals surface area contributed by atoms with Crippen LogP contribution in [0.3, 0.4) is 0 Å². The largest absolute Gasteiger partial charge is 0.398 e. The fourth-order valence-electron chi connectivity index (χ4n) is 2.67. The smallest absolute Gasteiger partial charge is 0.0449 e. The zero-order valence-electron chi connectivity index (χ0n) is 11.6. The molecule has 0 atom stereocenters. The zero-order chi connectivity index (χ0) is 13.4. The molecule has 1 aromatic heterocycles. The van der Waals surface area contributed by atoms with E-state index in [9.17, 15) is 0 Å². The summed E-state index contributed by atoms with van der Waals surface area (Å²) in [4.78, 5) is 9.17. The summed E-state index contributed by atoms with van der Waals surface area (Å²) in [6, 6.07) is 6.27. The summed E-state index contributed by atoms with van der Waals surface area (Å²) in [6.07, 6.45) is 1.89. The van der Waals surface area contributed by atoms with Crippen molar-refractivity contribution < 1.29 is 0 Å². The summed E-state index contributed by atoms with van der Waals surface area (Å²) < 4.78 is 0. The van der Waals surface area contributed by atoms with E-state index in [2.05, 4.69) is 34.0 Å². The lowest BCUT2D eigenvalue weighted by Crippen LogP contribution is -2.44. The van der Waals surface area contributed by atoms with Crippen LogP contribution in [0, 0.1) is 6.92 Å². The van der Waals surface area contributed by atoms with Gasteiger partial charge in [-0.25, -0.2) is 0 Å². The second-order valence-electron chi connectivity index (χ2n) is 5.34. The van der Waals surface area contributed by atoms with Crippen molar-refractivity contribution in [3.05, 3.63) is 30.1 Å². The molecule has 2 aromatic rings. The fourth-order valence-corrected chi connectivity index (χ4v) is 2.67. The standard InChI is InChI=1S/C15H20N4/c1-11-9-12-13(10-17-11)14(16)3-4-15(12)19-7-5-18(2)6-8-19/h3-4,9-10H,5-8,16H2,1-2H3. The number of rotatable bonds is 1. The number of aryl methyl sites for hydroxylation is 1. The van der Waals surface area contributed by atoms with Crippen molar-refractivity contribution in [1.82, 2.24) is 9.88 Å². The Bertz CT molecular complexity index is 600. The molecule has 0 amide bonds. The second kappa shape index (κ2) is 4.70. The molecule has 1 aliphatic heterocycles. The average molecular weight is 256 g/mol. The highest BCUT2D eigenvalue weighted by atomic mass is 15.2. The molecule has 0 radical (unpaired) electrons. The summed E-state index contributed by atoms with van der Waals surface area (Å²) in [6.45, 7) is 6.37. The Morgan fingerprint density at radius 2 is 1.84 bits per heavy atom. The SMILES string of the molecule is Cc1cc2c(N3CCN(C)CC3)ccc(N)c2cn1. The predicted octanol–water partition coefficient (Wildman–Crippen LogP) is 1.88. The monoisotopic (exact) mass is 256 g/mol. The highest BCUT2D eigenvalue weighted by Gasteiger charge is 2.17. The Balaban J connectivity index is 2.08. The number of hydrogen-bond acceptors (Lipinski definition) is 4. The van der Waals surface area contributed by atoms with Crippen molar-refractivity contribution >= 4 is 22.1 Å². The number of likely N-dealkylation sites (N-methyl/N-ethyl adjacent to an activating group) is 1. The molecule has 1 aromatic carbocycles. The molecule has 4 nitrogen and oxygen atoms in total. The zero-order valence-corrected chi connectivity index (χ0v) is 11.6. The van der Waals surface area contributed by atoms with Gasteiger partial charge < -0.3 is 15.5 Å². The van der Waals surface area contributed by atoms with Gasteiger partial charge in [-0.3, -0.25) is 4.98 Å². The highest BCUT2D eigenvalue weighted by Crippen LogP contribution is 2.31. The van der Waals surface area contributed by atoms with Gasteiger partial charge in [-0.1, -0.05) is 0 Å². The van der Waals surface area contributed by atoms with Gasteiger partial charge in [-0.2, -0.15) is 0 Å². The molecule has 1 aliphatic rings. The minimum absolute atomic E-state index is 0.806. The van der Waals surface area contributed by atoms with Crippen molar-refractivity contribution in [2.75, 3.05) is 43.9 Å². The second-order valence-corrected chi connectivity index (χ2v) is 5.34. The first-order valence-electron chi connectivity index (χ1n) is 6.73. The van der Waals surface area contributed by atoms with Gasteiger partial charge in [0.2, 0.25) is 0 Å². The van der Waals surface area contributed by atoms with Crippen LogP contribution in [0.25, 0.3) is 10.8 Å². The number of aromatic nitrogens is 1. The number of piperazine rings is 1. The van der Waals surface area contributed by atoms with Crippen LogP contribution in [0.5, 0.6) is 0 Å². The van der Waals surface area contributed by atoms with Gasteiger partial charge in [0.05, 0.1) is 0 Å². The Hall–Kier alpha value is -1.81. The van der Waals surface area contributed by atoms with Gasteiger partial charge in [0.15, 0.2) is 0 Å². The molecule has 1 fully saturated rings. The van der Waals surface area contributed by atoms with Gasteiger partial charge in [-0.15, -0.1) is 0 Å². The lowest BCUT2D eigenvalue weighted by atomic mass is 10.1. The van der Waals surface area contributed by atoms with Crippen molar-refractivity contribution in [1.29, 1.82) is 0 Å². The molecule has 2 N–H and O–H groups in total. The van der Waals surface area contributed by atoms with Gasteiger partial charge in [0.25, 0.3) is 0 Å². The average Bonchev–Trinajstić information content (AvgIpc) is 2.40. The molecule has 3 rings (SSSR count). The number of pyridine rings is 1. The number of hydrogen-bond donors (Lipinski definition) is 1. The summed E-state index contributed by atoms with van der Waals surface area (Å²) in [5.74, 6) is 0. The van der Waals surface area contributed by atoms with Gasteiger partial charge in [0.1, 0.15) is 0 Å². The van der Waals surface area contributed by atoms with E-state index in [1.54, 1.807) is 0 Å². The molecule has 19 heavy (non-hydrogen) atoms. The third-order valence-electron chi connectivity index (χ3n) is 3.89. The van der Waals surface area contributed by atoms with E-state index >= 15 is 0 Å². The van der Waals surface area contributed by atoms with Gasteiger partial charge in [-0.05, 0) is 32.2 Å². The van der Waals surface area contributed by atoms with Crippen molar-refractivity contribution in [3.8, 4) is 0 Å². The maximum absolute atomic E-state index is 6.06. The van der Waals surface area contributed by atoms with Crippen LogP contribution in [-0.2, 0) is 0 Å². The first-order valence-corrected chi connectivity index (χ1v) is 6.73. The van der Waals surface area contributed by atoms with Crippen LogP contribution in [0.15, 0.2) is 24.4 Å². The van der Waals surface area contributed by atoms with Crippen LogP contribution in [0.1, 0.15) is 5.69 Å². The third kappa shape index (κ3) is 2.24. The minimum atomic E-state index is 0.806. The molecule has 100 valence electrons. The molecule has 4 heteroatoms. The van der Waals surface area contributed by atoms with Crippen LogP contribution in [-0.4, -0.2) is 43.1 Å². The van der Waals surface area contributed by atoms with E-state index < -0.39 is 0 Å². The van der Waals surface area contributed by atoms with Crippen molar-refractivity contribution in [3.63, 3.8) is 0 Å². The van der Waals surface area contributed by atoms with Crippen LogP contribution < -0.4 is 10.6 Å². The van der Waals surface area contributed by atoms with E-state index in [-0.39, 0.29) is 0 Å². The number of fused-ring (bicyclic) bond motifs is 1. The molecule has 0 aliphatic carbocycles. The Kier molecular flexibility index (Phi) is 3.03. The number of benzene rings is 1. The lowest BCUT2D eigenvalue weighted by Gasteiger charge is -2.34. The molecule has 1 saturated heterocycles. The van der Waals surface area contributed by atoms with Crippen molar-refractivity contribution in [2.45, 2.75) is 6.92 Å². The molecule has 0 unspecified atom stereocenters. The summed E-state index contributed by atoms with van der Waals surface area (Å²) in [5, 5.41) is 2.28. The van der Waals surface area contributed by atoms with E-state index in [1.165, 1.54) is 11.1 Å². The van der Waals surface area contributed by atoms with E-state index in [0.29, 0.717) is 0 Å². The fraction of sp³-hybridized carbons (Fsp3) is 0.400. The first kappa shape index (κ1) is 12.2. The lowest BCUT2D eigenvalue weighted by molar-refractivity contribution is 0.313. The molecule has 0 saturated carbocycles. The quantitative estimate of drug-likeness (QED) is 0.791. The highest BCUT2D eigenvalue weighted by molar-refractivity contribution is 6.01. The number of nitrogen functional groups attached to an aromatic ring is 1. The summed E-state index contributed by atoms with van der Waals surface area (Å²) in [7, 11) is 2.17. The summed E-state index contributed by atoms with van der Waals surface area (Å²) in [5.41, 5.74) is 9.18. The molecule has 0 bridgehead atoms. The molecular weight excluding hydrogens is 236 g/mol. The Morgan fingerprint density at radius 3 is 2.58 bits per heavy atom. The Morgan fingerprint density at radius 1 is 1.11 bits per heavy atom. The van der Waals surface area contributed by atoms with Gasteiger partial charge in [0, 0.05) is 60.2 Å². The summed E-state index contributed by atoms with van der Waals surface area (Å²) >= 11 is 0. The van der Waals surface area contributed by atoms with Crippen LogP contribution in [0.4, 0.5) is 11.4 Å². The van der Waals surface area contributed by atoms with E-state index in [0.717, 1.165) is 42.9 Å². The first-order chi connectivity index (χ1) is 9.15. The molecule has 2 heterocycles. The van der Waals surface area contributed by atoms with E-state index in [1.807, 2.05) is 19.2 Å². The normalized spacial score (nSPS) is 17.1. The molecule has 0 spiro atoms.